The number of benzene rings is 3. The van der Waals surface area contributed by atoms with Crippen LogP contribution in [0.15, 0.2) is 78.6 Å². The van der Waals surface area contributed by atoms with Gasteiger partial charge in [0.1, 0.15) is 24.2 Å². The molecule has 4 aromatic rings. The van der Waals surface area contributed by atoms with E-state index in [1.54, 1.807) is 6.33 Å². The van der Waals surface area contributed by atoms with E-state index in [1.807, 2.05) is 22.9 Å². The van der Waals surface area contributed by atoms with Gasteiger partial charge in [-0.1, -0.05) is 71.3 Å². The molecule has 158 valence electrons. The van der Waals surface area contributed by atoms with Crippen LogP contribution in [0, 0.1) is 13.8 Å². The third kappa shape index (κ3) is 3.00. The zero-order valence-electron chi connectivity index (χ0n) is 17.7. The molecule has 0 aliphatic carbocycles. The summed E-state index contributed by atoms with van der Waals surface area (Å²) in [6.45, 7) is 4.18. The van der Waals surface area contributed by atoms with Crippen LogP contribution in [0.3, 0.4) is 0 Å². The predicted molar refractivity (Wildman–Crippen MR) is 126 cm³/mol. The molecular weight excluding hydrogens is 420 g/mol. The summed E-state index contributed by atoms with van der Waals surface area (Å²) < 4.78 is 8.57. The van der Waals surface area contributed by atoms with Crippen molar-refractivity contribution in [3.8, 4) is 5.75 Å². The number of aryl methyl sites for hydroxylation is 2. The maximum atomic E-state index is 6.63. The lowest BCUT2D eigenvalue weighted by Gasteiger charge is -2.39. The summed E-state index contributed by atoms with van der Waals surface area (Å²) in [5.74, 6) is 1.49. The Morgan fingerprint density at radius 2 is 1.59 bits per heavy atom. The first-order valence-corrected chi connectivity index (χ1v) is 11.0. The van der Waals surface area contributed by atoms with E-state index in [1.165, 1.54) is 11.1 Å². The Labute approximate surface area is 191 Å². The molecule has 3 aromatic carbocycles. The van der Waals surface area contributed by atoms with Crippen molar-refractivity contribution in [3.63, 3.8) is 0 Å². The molecule has 0 unspecified atom stereocenters. The van der Waals surface area contributed by atoms with Crippen molar-refractivity contribution in [1.29, 1.82) is 0 Å². The molecule has 6 heteroatoms. The predicted octanol–water partition coefficient (Wildman–Crippen LogP) is 6.11. The normalized spacial score (nSPS) is 18.8. The van der Waals surface area contributed by atoms with Crippen molar-refractivity contribution in [2.45, 2.75) is 26.0 Å². The third-order valence-corrected chi connectivity index (χ3v) is 6.38. The number of nitrogens with one attached hydrogen (secondary N) is 1. The van der Waals surface area contributed by atoms with E-state index in [0.717, 1.165) is 33.7 Å². The van der Waals surface area contributed by atoms with Crippen LogP contribution in [0.25, 0.3) is 5.70 Å². The molecule has 3 heterocycles. The van der Waals surface area contributed by atoms with Gasteiger partial charge in [-0.05, 0) is 43.2 Å². The van der Waals surface area contributed by atoms with Gasteiger partial charge in [-0.2, -0.15) is 10.1 Å². The summed E-state index contributed by atoms with van der Waals surface area (Å²) in [4.78, 5) is 4.48. The van der Waals surface area contributed by atoms with Gasteiger partial charge in [-0.25, -0.2) is 4.68 Å². The minimum Gasteiger partial charge on any atom is -0.480 e. The van der Waals surface area contributed by atoms with Crippen molar-refractivity contribution in [2.24, 2.45) is 0 Å². The molecule has 1 N–H and O–H groups in total. The second-order valence-corrected chi connectivity index (χ2v) is 8.78. The highest BCUT2D eigenvalue weighted by Gasteiger charge is 2.40. The maximum Gasteiger partial charge on any atom is 0.226 e. The fraction of sp³-hybridized carbons (Fsp3) is 0.154. The molecule has 2 aliphatic heterocycles. The number of hydrogen-bond acceptors (Lipinski definition) is 4. The van der Waals surface area contributed by atoms with Gasteiger partial charge < -0.3 is 10.1 Å². The highest BCUT2D eigenvalue weighted by atomic mass is 35.5. The lowest BCUT2D eigenvalue weighted by molar-refractivity contribution is 0.223. The number of hydrogen-bond donors (Lipinski definition) is 1. The van der Waals surface area contributed by atoms with Crippen molar-refractivity contribution >= 4 is 23.2 Å². The zero-order valence-corrected chi connectivity index (χ0v) is 18.5. The smallest absolute Gasteiger partial charge is 0.226 e. The van der Waals surface area contributed by atoms with Crippen LogP contribution < -0.4 is 10.1 Å². The van der Waals surface area contributed by atoms with Crippen LogP contribution in [0.2, 0.25) is 5.02 Å². The Balaban J connectivity index is 1.63. The van der Waals surface area contributed by atoms with Crippen molar-refractivity contribution in [1.82, 2.24) is 14.8 Å². The molecule has 5 nitrogen and oxygen atoms in total. The summed E-state index contributed by atoms with van der Waals surface area (Å²) in [5.41, 5.74) is 7.64. The second-order valence-electron chi connectivity index (χ2n) is 8.35. The van der Waals surface area contributed by atoms with E-state index in [2.05, 4.69) is 77.8 Å². The molecule has 0 saturated carbocycles. The minimum absolute atomic E-state index is 0.164. The van der Waals surface area contributed by atoms with Gasteiger partial charge in [0.05, 0.1) is 5.70 Å². The molecule has 32 heavy (non-hydrogen) atoms. The highest BCUT2D eigenvalue weighted by Crippen LogP contribution is 2.51. The Bertz CT molecular complexity index is 1360. The average molecular weight is 441 g/mol. The largest absolute Gasteiger partial charge is 0.480 e. The molecular formula is C26H21ClN4O. The van der Waals surface area contributed by atoms with Gasteiger partial charge in [0, 0.05) is 16.2 Å². The molecule has 2 aliphatic rings. The van der Waals surface area contributed by atoms with Gasteiger partial charge in [0.2, 0.25) is 5.95 Å². The molecule has 0 bridgehead atoms. The van der Waals surface area contributed by atoms with Gasteiger partial charge in [0.25, 0.3) is 0 Å². The summed E-state index contributed by atoms with van der Waals surface area (Å²) in [5, 5.41) is 8.75. The zero-order chi connectivity index (χ0) is 21.8. The Morgan fingerprint density at radius 3 is 2.31 bits per heavy atom. The number of rotatable bonds is 2. The molecule has 0 spiro atoms. The summed E-state index contributed by atoms with van der Waals surface area (Å²) >= 11 is 6.39. The fourth-order valence-corrected chi connectivity index (χ4v) is 4.70. The first kappa shape index (κ1) is 19.1. The summed E-state index contributed by atoms with van der Waals surface area (Å²) in [6.07, 6.45) is 1.30. The molecule has 0 saturated heterocycles. The van der Waals surface area contributed by atoms with Crippen molar-refractivity contribution in [2.75, 3.05) is 5.32 Å². The fourth-order valence-electron chi connectivity index (χ4n) is 4.53. The van der Waals surface area contributed by atoms with Gasteiger partial charge in [-0.3, -0.25) is 0 Å². The first-order chi connectivity index (χ1) is 15.6. The lowest BCUT2D eigenvalue weighted by Crippen LogP contribution is -2.32. The molecule has 0 radical (unpaired) electrons. The van der Waals surface area contributed by atoms with Crippen LogP contribution in [-0.4, -0.2) is 14.8 Å². The third-order valence-electron chi connectivity index (χ3n) is 6.15. The summed E-state index contributed by atoms with van der Waals surface area (Å²) in [7, 11) is 0. The summed E-state index contributed by atoms with van der Waals surface area (Å²) in [6, 6.07) is 22.7. The van der Waals surface area contributed by atoms with Gasteiger partial charge in [-0.15, -0.1) is 0 Å². The molecule has 6 rings (SSSR count). The number of anilines is 1. The molecule has 2 atom stereocenters. The van der Waals surface area contributed by atoms with Gasteiger partial charge >= 0.3 is 0 Å². The average Bonchev–Trinajstić information content (AvgIpc) is 3.27. The van der Waals surface area contributed by atoms with E-state index in [4.69, 9.17) is 16.3 Å². The molecule has 0 amide bonds. The van der Waals surface area contributed by atoms with Crippen LogP contribution in [0.4, 0.5) is 5.95 Å². The Morgan fingerprint density at radius 1 is 0.906 bits per heavy atom. The van der Waals surface area contributed by atoms with Crippen LogP contribution in [-0.2, 0) is 0 Å². The highest BCUT2D eigenvalue weighted by molar-refractivity contribution is 6.30. The SMILES string of the molecule is Cc1ccc([C@@H]2Oc3ccc(Cl)cc3C3=C2[C@@H](c2ccc(C)cc2)n2ncnc2N3)cc1. The number of aromatic nitrogens is 3. The van der Waals surface area contributed by atoms with Crippen LogP contribution in [0.1, 0.15) is 40.0 Å². The quantitative estimate of drug-likeness (QED) is 0.408. The van der Waals surface area contributed by atoms with E-state index >= 15 is 0 Å². The second kappa shape index (κ2) is 7.24. The van der Waals surface area contributed by atoms with E-state index in [0.29, 0.717) is 11.0 Å². The Hall–Kier alpha value is -3.57. The standard InChI is InChI=1S/C26H21ClN4O/c1-15-3-7-17(8-4-15)24-22-23(30-26-28-14-29-31(24)26)20-13-19(27)11-12-21(20)32-25(22)18-9-5-16(2)6-10-18/h3-14,24-25H,1-2H3,(H,28,29,30)/t24-,25+/m1/s1. The number of halogens is 1. The Kier molecular flexibility index (Phi) is 4.33. The molecule has 0 fully saturated rings. The lowest BCUT2D eigenvalue weighted by atomic mass is 9.84. The van der Waals surface area contributed by atoms with E-state index < -0.39 is 0 Å². The topological polar surface area (TPSA) is 52.0 Å². The van der Waals surface area contributed by atoms with Crippen LogP contribution >= 0.6 is 11.6 Å². The number of ether oxygens (including phenoxy) is 1. The minimum atomic E-state index is -0.282. The van der Waals surface area contributed by atoms with Crippen molar-refractivity contribution in [3.05, 3.63) is 111 Å². The monoisotopic (exact) mass is 440 g/mol. The van der Waals surface area contributed by atoms with Gasteiger partial charge in [0.15, 0.2) is 0 Å². The first-order valence-electron chi connectivity index (χ1n) is 10.6. The van der Waals surface area contributed by atoms with Crippen molar-refractivity contribution < 1.29 is 4.74 Å². The maximum absolute atomic E-state index is 6.63. The number of nitrogens with zero attached hydrogens (tertiary/aromatic N) is 3. The van der Waals surface area contributed by atoms with E-state index in [9.17, 15) is 0 Å². The molecule has 1 aromatic heterocycles. The van der Waals surface area contributed by atoms with E-state index in [-0.39, 0.29) is 12.1 Å². The number of fused-ring (bicyclic) bond motifs is 3. The van der Waals surface area contributed by atoms with Crippen LogP contribution in [0.5, 0.6) is 5.75 Å².